The molecule has 25 heavy (non-hydrogen) atoms. The first-order valence-electron chi connectivity index (χ1n) is 7.72. The Morgan fingerprint density at radius 1 is 1.12 bits per heavy atom. The number of carbonyl (C=O) groups is 1. The van der Waals surface area contributed by atoms with E-state index in [1.54, 1.807) is 0 Å². The van der Waals surface area contributed by atoms with Crippen LogP contribution in [0.15, 0.2) is 59.8 Å². The molecule has 1 amide bonds. The lowest BCUT2D eigenvalue weighted by molar-refractivity contribution is -0.115. The predicted molar refractivity (Wildman–Crippen MR) is 102 cm³/mol. The molecule has 7 heteroatoms. The second-order valence-corrected chi connectivity index (χ2v) is 7.23. The van der Waals surface area contributed by atoms with Crippen LogP contribution in [0.5, 0.6) is 0 Å². The van der Waals surface area contributed by atoms with Crippen LogP contribution in [0.1, 0.15) is 6.92 Å². The summed E-state index contributed by atoms with van der Waals surface area (Å²) in [4.78, 5) is 12.3. The first-order valence-corrected chi connectivity index (χ1v) is 8.98. The third kappa shape index (κ3) is 4.21. The van der Waals surface area contributed by atoms with Gasteiger partial charge in [-0.15, -0.1) is 10.2 Å². The molecule has 0 aliphatic rings. The summed E-state index contributed by atoms with van der Waals surface area (Å²) in [5.41, 5.74) is 1.70. The lowest BCUT2D eigenvalue weighted by atomic mass is 10.2. The van der Waals surface area contributed by atoms with Crippen molar-refractivity contribution in [2.75, 3.05) is 5.32 Å². The van der Waals surface area contributed by atoms with Crippen molar-refractivity contribution in [2.45, 2.75) is 17.3 Å². The number of nitrogens with one attached hydrogen (secondary N) is 1. The maximum Gasteiger partial charge on any atom is 0.237 e. The Kier molecular flexibility index (Phi) is 5.40. The summed E-state index contributed by atoms with van der Waals surface area (Å²) in [6.07, 6.45) is 0. The number of anilines is 1. The van der Waals surface area contributed by atoms with Crippen LogP contribution in [-0.4, -0.2) is 25.9 Å². The molecule has 0 fully saturated rings. The van der Waals surface area contributed by atoms with Gasteiger partial charge in [-0.1, -0.05) is 41.6 Å². The van der Waals surface area contributed by atoms with Gasteiger partial charge in [-0.2, -0.15) is 0 Å². The quantitative estimate of drug-likeness (QED) is 0.680. The molecule has 1 atom stereocenters. The van der Waals surface area contributed by atoms with Crippen LogP contribution in [0, 0.1) is 0 Å². The highest BCUT2D eigenvalue weighted by molar-refractivity contribution is 8.00. The third-order valence-corrected chi connectivity index (χ3v) is 5.02. The Bertz CT molecular complexity index is 865. The Hall–Kier alpha value is -2.31. The molecule has 128 valence electrons. The van der Waals surface area contributed by atoms with Crippen molar-refractivity contribution >= 4 is 35.0 Å². The van der Waals surface area contributed by atoms with Crippen LogP contribution in [0.25, 0.3) is 11.4 Å². The minimum Gasteiger partial charge on any atom is -0.325 e. The van der Waals surface area contributed by atoms with Crippen LogP contribution in [-0.2, 0) is 11.8 Å². The van der Waals surface area contributed by atoms with Crippen molar-refractivity contribution in [3.8, 4) is 11.4 Å². The third-order valence-electron chi connectivity index (χ3n) is 3.63. The van der Waals surface area contributed by atoms with E-state index in [1.165, 1.54) is 11.8 Å². The molecule has 0 saturated heterocycles. The van der Waals surface area contributed by atoms with Crippen molar-refractivity contribution in [3.05, 3.63) is 59.6 Å². The van der Waals surface area contributed by atoms with E-state index < -0.39 is 0 Å². The molecule has 0 aliphatic heterocycles. The number of para-hydroxylation sites is 1. The summed E-state index contributed by atoms with van der Waals surface area (Å²) >= 11 is 7.29. The first kappa shape index (κ1) is 17.5. The molecule has 5 nitrogen and oxygen atoms in total. The van der Waals surface area contributed by atoms with Gasteiger partial charge >= 0.3 is 0 Å². The summed E-state index contributed by atoms with van der Waals surface area (Å²) in [5, 5.41) is 12.4. The van der Waals surface area contributed by atoms with Crippen LogP contribution < -0.4 is 5.32 Å². The molecule has 2 aromatic carbocycles. The maximum absolute atomic E-state index is 12.3. The van der Waals surface area contributed by atoms with Crippen molar-refractivity contribution in [2.24, 2.45) is 7.05 Å². The second kappa shape index (κ2) is 7.72. The number of benzene rings is 2. The zero-order valence-corrected chi connectivity index (χ0v) is 15.4. The normalized spacial score (nSPS) is 12.0. The number of nitrogens with zero attached hydrogens (tertiary/aromatic N) is 3. The minimum absolute atomic E-state index is 0.0766. The van der Waals surface area contributed by atoms with Crippen molar-refractivity contribution in [3.63, 3.8) is 0 Å². The monoisotopic (exact) mass is 372 g/mol. The summed E-state index contributed by atoms with van der Waals surface area (Å²) in [5.74, 6) is 0.655. The van der Waals surface area contributed by atoms with E-state index >= 15 is 0 Å². The van der Waals surface area contributed by atoms with E-state index in [4.69, 9.17) is 11.6 Å². The fourth-order valence-electron chi connectivity index (χ4n) is 2.24. The standard InChI is InChI=1S/C18H17ClN4OS/c1-12(17(24)20-15-6-4-3-5-7-15)25-18-22-21-16(23(18)2)13-8-10-14(19)11-9-13/h3-12H,1-2H3,(H,20,24)/t12-/m0/s1. The van der Waals surface area contributed by atoms with Gasteiger partial charge in [0, 0.05) is 23.3 Å². The minimum atomic E-state index is -0.304. The van der Waals surface area contributed by atoms with Crippen LogP contribution in [0.3, 0.4) is 0 Å². The van der Waals surface area contributed by atoms with Crippen molar-refractivity contribution in [1.29, 1.82) is 0 Å². The number of halogens is 1. The molecule has 1 aromatic heterocycles. The first-order chi connectivity index (χ1) is 12.0. The lowest BCUT2D eigenvalue weighted by Crippen LogP contribution is -2.22. The zero-order chi connectivity index (χ0) is 17.8. The number of amides is 1. The van der Waals surface area contributed by atoms with Gasteiger partial charge in [0.1, 0.15) is 0 Å². The van der Waals surface area contributed by atoms with Crippen LogP contribution in [0.2, 0.25) is 5.02 Å². The van der Waals surface area contributed by atoms with Gasteiger partial charge in [0.2, 0.25) is 5.91 Å². The number of aromatic nitrogens is 3. The molecule has 0 saturated carbocycles. The number of rotatable bonds is 5. The SMILES string of the molecule is C[C@H](Sc1nnc(-c2ccc(Cl)cc2)n1C)C(=O)Nc1ccccc1. The van der Waals surface area contributed by atoms with E-state index in [2.05, 4.69) is 15.5 Å². The summed E-state index contributed by atoms with van der Waals surface area (Å²) in [7, 11) is 1.88. The average Bonchev–Trinajstić information content (AvgIpc) is 2.97. The lowest BCUT2D eigenvalue weighted by Gasteiger charge is -2.11. The highest BCUT2D eigenvalue weighted by Gasteiger charge is 2.19. The highest BCUT2D eigenvalue weighted by Crippen LogP contribution is 2.26. The van der Waals surface area contributed by atoms with E-state index in [0.29, 0.717) is 10.2 Å². The second-order valence-electron chi connectivity index (χ2n) is 5.49. The van der Waals surface area contributed by atoms with Gasteiger partial charge in [-0.25, -0.2) is 0 Å². The number of carbonyl (C=O) groups excluding carboxylic acids is 1. The summed E-state index contributed by atoms with van der Waals surface area (Å²) in [6, 6.07) is 16.8. The molecule has 1 heterocycles. The molecule has 0 bridgehead atoms. The Morgan fingerprint density at radius 2 is 1.80 bits per heavy atom. The number of thioether (sulfide) groups is 1. The maximum atomic E-state index is 12.3. The Morgan fingerprint density at radius 3 is 2.48 bits per heavy atom. The number of hydrogen-bond acceptors (Lipinski definition) is 4. The Balaban J connectivity index is 1.70. The van der Waals surface area contributed by atoms with Gasteiger partial charge < -0.3 is 9.88 Å². The van der Waals surface area contributed by atoms with Crippen LogP contribution >= 0.6 is 23.4 Å². The molecular weight excluding hydrogens is 356 g/mol. The summed E-state index contributed by atoms with van der Waals surface area (Å²) in [6.45, 7) is 1.85. The Labute approximate surface area is 155 Å². The smallest absolute Gasteiger partial charge is 0.237 e. The van der Waals surface area contributed by atoms with Crippen molar-refractivity contribution in [1.82, 2.24) is 14.8 Å². The molecule has 1 N–H and O–H groups in total. The molecule has 0 unspecified atom stereocenters. The predicted octanol–water partition coefficient (Wildman–Crippen LogP) is 4.25. The largest absolute Gasteiger partial charge is 0.325 e. The topological polar surface area (TPSA) is 59.8 Å². The van der Waals surface area contributed by atoms with E-state index in [0.717, 1.165) is 17.1 Å². The molecule has 3 rings (SSSR count). The van der Waals surface area contributed by atoms with E-state index in [9.17, 15) is 4.79 Å². The molecule has 0 radical (unpaired) electrons. The molecule has 3 aromatic rings. The van der Waals surface area contributed by atoms with Crippen LogP contribution in [0.4, 0.5) is 5.69 Å². The molecule has 0 aliphatic carbocycles. The van der Waals surface area contributed by atoms with Gasteiger partial charge in [-0.05, 0) is 43.3 Å². The zero-order valence-electron chi connectivity index (χ0n) is 13.8. The van der Waals surface area contributed by atoms with Gasteiger partial charge in [0.15, 0.2) is 11.0 Å². The van der Waals surface area contributed by atoms with E-state index in [-0.39, 0.29) is 11.2 Å². The number of hydrogen-bond donors (Lipinski definition) is 1. The van der Waals surface area contributed by atoms with Gasteiger partial charge in [-0.3, -0.25) is 4.79 Å². The average molecular weight is 373 g/mol. The highest BCUT2D eigenvalue weighted by atomic mass is 35.5. The van der Waals surface area contributed by atoms with Gasteiger partial charge in [0.05, 0.1) is 5.25 Å². The fourth-order valence-corrected chi connectivity index (χ4v) is 3.19. The molecule has 0 spiro atoms. The molecular formula is C18H17ClN4OS. The fraction of sp³-hybridized carbons (Fsp3) is 0.167. The van der Waals surface area contributed by atoms with E-state index in [1.807, 2.05) is 73.1 Å². The summed E-state index contributed by atoms with van der Waals surface area (Å²) < 4.78 is 1.88. The van der Waals surface area contributed by atoms with Crippen molar-refractivity contribution < 1.29 is 4.79 Å². The van der Waals surface area contributed by atoms with Gasteiger partial charge in [0.25, 0.3) is 0 Å².